The van der Waals surface area contributed by atoms with Crippen LogP contribution in [0.5, 0.6) is 5.88 Å². The van der Waals surface area contributed by atoms with Crippen LogP contribution in [-0.2, 0) is 11.2 Å². The lowest BCUT2D eigenvalue weighted by Gasteiger charge is -2.03. The summed E-state index contributed by atoms with van der Waals surface area (Å²) >= 11 is 0. The first kappa shape index (κ1) is 11.3. The molecule has 2 aromatic rings. The number of methoxy groups -OCH3 is 1. The number of nitrogens with zero attached hydrogens (tertiary/aromatic N) is 2. The molecule has 0 bridgehead atoms. The first-order valence-corrected chi connectivity index (χ1v) is 5.20. The van der Waals surface area contributed by atoms with E-state index in [4.69, 9.17) is 9.84 Å². The van der Waals surface area contributed by atoms with Crippen molar-refractivity contribution in [2.75, 3.05) is 7.11 Å². The Balaban J connectivity index is 2.28. The zero-order chi connectivity index (χ0) is 12.3. The van der Waals surface area contributed by atoms with E-state index in [-0.39, 0.29) is 6.42 Å². The van der Waals surface area contributed by atoms with Crippen LogP contribution in [0.4, 0.5) is 0 Å². The zero-order valence-electron chi connectivity index (χ0n) is 9.38. The maximum absolute atomic E-state index is 10.5. The van der Waals surface area contributed by atoms with Gasteiger partial charge in [0.05, 0.1) is 24.3 Å². The Morgan fingerprint density at radius 3 is 2.94 bits per heavy atom. The third-order valence-electron chi connectivity index (χ3n) is 2.42. The topological polar surface area (TPSA) is 72.3 Å². The second kappa shape index (κ2) is 4.78. The lowest BCUT2D eigenvalue weighted by molar-refractivity contribution is -0.136. The number of aromatic nitrogens is 2. The largest absolute Gasteiger partial charge is 0.481 e. The molecule has 5 heteroatoms. The van der Waals surface area contributed by atoms with Gasteiger partial charge >= 0.3 is 5.97 Å². The summed E-state index contributed by atoms with van der Waals surface area (Å²) < 4.78 is 4.98. The van der Waals surface area contributed by atoms with Gasteiger partial charge in [0.15, 0.2) is 0 Å². The van der Waals surface area contributed by atoms with Crippen molar-refractivity contribution < 1.29 is 14.6 Å². The van der Waals surface area contributed by atoms with Crippen LogP contribution in [0.25, 0.3) is 11.0 Å². The number of hydrogen-bond acceptors (Lipinski definition) is 4. The Hall–Kier alpha value is -2.17. The molecule has 1 aromatic heterocycles. The molecule has 0 saturated heterocycles. The maximum Gasteiger partial charge on any atom is 0.303 e. The minimum Gasteiger partial charge on any atom is -0.481 e. The number of ether oxygens (including phenoxy) is 1. The molecule has 1 aromatic carbocycles. The maximum atomic E-state index is 10.5. The molecule has 0 spiro atoms. The SMILES string of the molecule is COc1cnc2cc(CCC(=O)O)ccc2n1. The third kappa shape index (κ3) is 2.69. The highest BCUT2D eigenvalue weighted by atomic mass is 16.5. The smallest absolute Gasteiger partial charge is 0.303 e. The second-order valence-electron chi connectivity index (χ2n) is 3.63. The molecule has 0 atom stereocenters. The summed E-state index contributed by atoms with van der Waals surface area (Å²) in [5, 5.41) is 8.61. The van der Waals surface area contributed by atoms with Crippen LogP contribution in [0.1, 0.15) is 12.0 Å². The van der Waals surface area contributed by atoms with Crippen molar-refractivity contribution in [2.45, 2.75) is 12.8 Å². The quantitative estimate of drug-likeness (QED) is 0.867. The average molecular weight is 232 g/mol. The van der Waals surface area contributed by atoms with E-state index in [1.165, 1.54) is 7.11 Å². The van der Waals surface area contributed by atoms with E-state index in [1.54, 1.807) is 6.20 Å². The number of aryl methyl sites for hydroxylation is 1. The van der Waals surface area contributed by atoms with E-state index in [2.05, 4.69) is 9.97 Å². The molecule has 0 unspecified atom stereocenters. The van der Waals surface area contributed by atoms with Crippen molar-refractivity contribution in [3.8, 4) is 5.88 Å². The molecule has 1 heterocycles. The van der Waals surface area contributed by atoms with Crippen LogP contribution in [0.15, 0.2) is 24.4 Å². The van der Waals surface area contributed by atoms with E-state index in [1.807, 2.05) is 18.2 Å². The molecular formula is C12H12N2O3. The van der Waals surface area contributed by atoms with Gasteiger partial charge in [0, 0.05) is 6.42 Å². The number of carboxylic acid groups (broad SMARTS) is 1. The standard InChI is InChI=1S/C12H12N2O3/c1-17-11-7-13-10-6-8(3-5-12(15)16)2-4-9(10)14-11/h2,4,6-7H,3,5H2,1H3,(H,15,16). The minimum atomic E-state index is -0.800. The Labute approximate surface area is 98.1 Å². The van der Waals surface area contributed by atoms with Crippen LogP contribution in [0, 0.1) is 0 Å². The molecule has 0 aliphatic rings. The van der Waals surface area contributed by atoms with Crippen molar-refractivity contribution in [3.63, 3.8) is 0 Å². The molecule has 0 aliphatic carbocycles. The van der Waals surface area contributed by atoms with Gasteiger partial charge in [0.2, 0.25) is 5.88 Å². The molecular weight excluding hydrogens is 220 g/mol. The predicted octanol–water partition coefficient (Wildman–Crippen LogP) is 1.66. The van der Waals surface area contributed by atoms with Crippen LogP contribution < -0.4 is 4.74 Å². The number of benzene rings is 1. The van der Waals surface area contributed by atoms with Gasteiger partial charge in [-0.2, -0.15) is 0 Å². The second-order valence-corrected chi connectivity index (χ2v) is 3.63. The van der Waals surface area contributed by atoms with Gasteiger partial charge in [0.1, 0.15) is 0 Å². The molecule has 88 valence electrons. The summed E-state index contributed by atoms with van der Waals surface area (Å²) in [5.74, 6) is -0.332. The van der Waals surface area contributed by atoms with Gasteiger partial charge in [0.25, 0.3) is 0 Å². The monoisotopic (exact) mass is 232 g/mol. The minimum absolute atomic E-state index is 0.120. The molecule has 17 heavy (non-hydrogen) atoms. The van der Waals surface area contributed by atoms with Crippen molar-refractivity contribution in [1.82, 2.24) is 9.97 Å². The van der Waals surface area contributed by atoms with Crippen LogP contribution in [0.3, 0.4) is 0 Å². The summed E-state index contributed by atoms with van der Waals surface area (Å²) in [6.45, 7) is 0. The van der Waals surface area contributed by atoms with Gasteiger partial charge < -0.3 is 9.84 Å². The molecule has 1 N–H and O–H groups in total. The summed E-state index contributed by atoms with van der Waals surface area (Å²) in [6, 6.07) is 5.53. The predicted molar refractivity (Wildman–Crippen MR) is 62.0 cm³/mol. The summed E-state index contributed by atoms with van der Waals surface area (Å²) in [6.07, 6.45) is 2.16. The Kier molecular flexibility index (Phi) is 3.18. The van der Waals surface area contributed by atoms with Crippen molar-refractivity contribution in [1.29, 1.82) is 0 Å². The van der Waals surface area contributed by atoms with E-state index < -0.39 is 5.97 Å². The van der Waals surface area contributed by atoms with Gasteiger partial charge in [-0.05, 0) is 24.1 Å². The fourth-order valence-electron chi connectivity index (χ4n) is 1.54. The molecule has 0 aliphatic heterocycles. The number of carboxylic acids is 1. The Morgan fingerprint density at radius 2 is 2.24 bits per heavy atom. The van der Waals surface area contributed by atoms with Crippen molar-refractivity contribution in [2.24, 2.45) is 0 Å². The van der Waals surface area contributed by atoms with Gasteiger partial charge in [-0.15, -0.1) is 0 Å². The summed E-state index contributed by atoms with van der Waals surface area (Å²) in [4.78, 5) is 18.9. The average Bonchev–Trinajstić information content (AvgIpc) is 2.35. The highest BCUT2D eigenvalue weighted by Gasteiger charge is 2.03. The fraction of sp³-hybridized carbons (Fsp3) is 0.250. The molecule has 0 amide bonds. The van der Waals surface area contributed by atoms with Crippen LogP contribution >= 0.6 is 0 Å². The van der Waals surface area contributed by atoms with E-state index in [0.29, 0.717) is 12.3 Å². The lowest BCUT2D eigenvalue weighted by Crippen LogP contribution is -1.98. The zero-order valence-corrected chi connectivity index (χ0v) is 9.38. The Morgan fingerprint density at radius 1 is 1.41 bits per heavy atom. The van der Waals surface area contributed by atoms with Crippen molar-refractivity contribution >= 4 is 17.0 Å². The highest BCUT2D eigenvalue weighted by Crippen LogP contribution is 2.16. The molecule has 0 radical (unpaired) electrons. The summed E-state index contributed by atoms with van der Waals surface area (Å²) in [5.41, 5.74) is 2.43. The van der Waals surface area contributed by atoms with E-state index >= 15 is 0 Å². The number of aliphatic carboxylic acids is 1. The number of carbonyl (C=O) groups is 1. The van der Waals surface area contributed by atoms with Gasteiger partial charge in [-0.25, -0.2) is 9.97 Å². The van der Waals surface area contributed by atoms with E-state index in [0.717, 1.165) is 16.6 Å². The fourth-order valence-corrected chi connectivity index (χ4v) is 1.54. The molecule has 2 rings (SSSR count). The molecule has 5 nitrogen and oxygen atoms in total. The number of rotatable bonds is 4. The third-order valence-corrected chi connectivity index (χ3v) is 2.42. The first-order valence-electron chi connectivity index (χ1n) is 5.20. The molecule has 0 saturated carbocycles. The van der Waals surface area contributed by atoms with Crippen molar-refractivity contribution in [3.05, 3.63) is 30.0 Å². The summed E-state index contributed by atoms with van der Waals surface area (Å²) in [7, 11) is 1.54. The van der Waals surface area contributed by atoms with Crippen LogP contribution in [0.2, 0.25) is 0 Å². The van der Waals surface area contributed by atoms with Gasteiger partial charge in [-0.3, -0.25) is 4.79 Å². The normalized spacial score (nSPS) is 10.4. The lowest BCUT2D eigenvalue weighted by atomic mass is 10.1. The first-order chi connectivity index (χ1) is 8.19. The number of hydrogen-bond donors (Lipinski definition) is 1. The van der Waals surface area contributed by atoms with Crippen LogP contribution in [-0.4, -0.2) is 28.2 Å². The Bertz CT molecular complexity index is 554. The highest BCUT2D eigenvalue weighted by molar-refractivity contribution is 5.75. The van der Waals surface area contributed by atoms with Gasteiger partial charge in [-0.1, -0.05) is 6.07 Å². The van der Waals surface area contributed by atoms with E-state index in [9.17, 15) is 4.79 Å². The molecule has 0 fully saturated rings. The number of fused-ring (bicyclic) bond motifs is 1.